The third-order valence-corrected chi connectivity index (χ3v) is 9.66. The molecule has 0 aromatic heterocycles. The van der Waals surface area contributed by atoms with Gasteiger partial charge in [-0.1, -0.05) is 72.8 Å². The largest absolute Gasteiger partial charge is 4.00 e. The van der Waals surface area contributed by atoms with Gasteiger partial charge in [-0.15, -0.1) is 49.2 Å². The van der Waals surface area contributed by atoms with Gasteiger partial charge < -0.3 is 10.6 Å². The number of halogens is 4. The van der Waals surface area contributed by atoms with Crippen LogP contribution >= 0.6 is 0 Å². The van der Waals surface area contributed by atoms with Crippen molar-refractivity contribution < 1.29 is 39.3 Å². The Morgan fingerprint density at radius 2 is 0.902 bits per heavy atom. The number of allylic oxidation sites excluding steroid dienone is 8. The maximum absolute atomic E-state index is 13.7. The Bertz CT molecular complexity index is 2170. The molecule has 7 heteroatoms. The average molecular weight is 851 g/mol. The minimum absolute atomic E-state index is 0. The van der Waals surface area contributed by atoms with Crippen molar-refractivity contribution in [2.75, 3.05) is 10.6 Å². The van der Waals surface area contributed by atoms with Crippen molar-refractivity contribution >= 4 is 22.7 Å². The van der Waals surface area contributed by atoms with Gasteiger partial charge in [0.1, 0.15) is 0 Å². The molecule has 2 N–H and O–H groups in total. The third-order valence-electron chi connectivity index (χ3n) is 9.66. The summed E-state index contributed by atoms with van der Waals surface area (Å²) in [6.07, 6.45) is 26.1. The summed E-state index contributed by atoms with van der Waals surface area (Å²) in [6, 6.07) is 42.0. The fraction of sp³-hybridized carbons (Fsp3) is 0.185. The van der Waals surface area contributed by atoms with Crippen LogP contribution in [0.1, 0.15) is 59.1 Å². The number of rotatable bonds is 12. The number of nitrogens with one attached hydrogen (secondary N) is 2. The van der Waals surface area contributed by atoms with Crippen LogP contribution in [0.2, 0.25) is 0 Å². The van der Waals surface area contributed by atoms with Crippen LogP contribution in [0.4, 0.5) is 40.3 Å². The van der Waals surface area contributed by atoms with Crippen molar-refractivity contribution in [1.82, 2.24) is 0 Å². The molecular formula is C54H50F4N2Ti. The van der Waals surface area contributed by atoms with E-state index in [1.54, 1.807) is 0 Å². The molecule has 2 aliphatic rings. The Labute approximate surface area is 374 Å². The zero-order chi connectivity index (χ0) is 42.4. The molecule has 8 rings (SSSR count). The van der Waals surface area contributed by atoms with Crippen LogP contribution in [-0.4, -0.2) is 0 Å². The Kier molecular flexibility index (Phi) is 20.9. The van der Waals surface area contributed by atoms with Gasteiger partial charge in [0.25, 0.3) is 0 Å². The fourth-order valence-corrected chi connectivity index (χ4v) is 6.36. The van der Waals surface area contributed by atoms with Crippen molar-refractivity contribution in [1.29, 1.82) is 0 Å². The molecule has 0 aliphatic heterocycles. The number of hydrogen-bond acceptors (Lipinski definition) is 2. The van der Waals surface area contributed by atoms with E-state index in [1.807, 2.05) is 85.0 Å². The number of anilines is 4. The van der Waals surface area contributed by atoms with Crippen LogP contribution < -0.4 is 10.6 Å². The Balaban J connectivity index is 0.000000215. The summed E-state index contributed by atoms with van der Waals surface area (Å²) in [5, 5.41) is 6.00. The van der Waals surface area contributed by atoms with E-state index in [9.17, 15) is 17.6 Å². The standard InChI is InChI=1S/2C22H20F2N.2C5H5.Ti/c2*1-16-10-12-20(25-22-13-11-19(23)15-21(22)24)14-18(16)9-5-8-17-6-3-2-4-7-17;2*1-2-4-5-3-1;/h2*2-4,6-7,10-14,25H,5,8-9H2,1H3;2*1-3H,4H2;/q4*-1;+4. The van der Waals surface area contributed by atoms with Crippen molar-refractivity contribution in [2.45, 2.75) is 65.2 Å². The van der Waals surface area contributed by atoms with E-state index in [0.717, 1.165) is 62.7 Å². The van der Waals surface area contributed by atoms with Crippen molar-refractivity contribution in [3.05, 3.63) is 239 Å². The van der Waals surface area contributed by atoms with Gasteiger partial charge >= 0.3 is 21.7 Å². The van der Waals surface area contributed by atoms with E-state index in [1.165, 1.54) is 57.6 Å². The van der Waals surface area contributed by atoms with E-state index in [0.29, 0.717) is 0 Å². The molecule has 0 saturated carbocycles. The zero-order valence-corrected chi connectivity index (χ0v) is 36.2. The molecule has 2 aliphatic carbocycles. The molecule has 0 heterocycles. The minimum atomic E-state index is -0.716. The smallest absolute Gasteiger partial charge is 0.406 e. The number of aryl methyl sites for hydroxylation is 6. The Hall–Kier alpha value is -5.69. The van der Waals surface area contributed by atoms with Crippen molar-refractivity contribution in [3.63, 3.8) is 0 Å². The zero-order valence-electron chi connectivity index (χ0n) is 34.7. The van der Waals surface area contributed by atoms with Crippen LogP contribution in [0.15, 0.2) is 158 Å². The molecule has 0 amide bonds. The minimum Gasteiger partial charge on any atom is -0.406 e. The van der Waals surface area contributed by atoms with Crippen LogP contribution in [0.25, 0.3) is 0 Å². The average Bonchev–Trinajstić information content (AvgIpc) is 4.05. The SMILES string of the molecule is Cc1ccc(Nc2ccc(F)[c-]c2F)cc1CCCc1ccccc1.Cc1ccc(Nc2ccc(F)[c-]c2F)cc1CCCc1ccccc1.[C-]1=CC=CC1.[C-]1=CC=CC1.[Ti+4]. The molecule has 2 nitrogen and oxygen atoms in total. The predicted octanol–water partition coefficient (Wildman–Crippen LogP) is 14.6. The van der Waals surface area contributed by atoms with E-state index in [2.05, 4.69) is 97.3 Å². The summed E-state index contributed by atoms with van der Waals surface area (Å²) < 4.78 is 53.4. The van der Waals surface area contributed by atoms with E-state index >= 15 is 0 Å². The second kappa shape index (κ2) is 26.5. The van der Waals surface area contributed by atoms with Gasteiger partial charge in [-0.05, 0) is 121 Å². The third kappa shape index (κ3) is 17.4. The van der Waals surface area contributed by atoms with Gasteiger partial charge in [0.15, 0.2) is 0 Å². The number of hydrogen-bond donors (Lipinski definition) is 2. The van der Waals surface area contributed by atoms with Crippen molar-refractivity contribution in [2.24, 2.45) is 0 Å². The normalized spacial score (nSPS) is 11.6. The van der Waals surface area contributed by atoms with Gasteiger partial charge in [0, 0.05) is 34.6 Å². The second-order valence-corrected chi connectivity index (χ2v) is 14.3. The molecule has 0 spiro atoms. The molecule has 308 valence electrons. The molecular weight excluding hydrogens is 800 g/mol. The maximum Gasteiger partial charge on any atom is 4.00 e. The predicted molar refractivity (Wildman–Crippen MR) is 239 cm³/mol. The molecule has 6 aromatic carbocycles. The topological polar surface area (TPSA) is 24.1 Å². The molecule has 0 unspecified atom stereocenters. The maximum atomic E-state index is 13.7. The molecule has 0 fully saturated rings. The molecule has 0 bridgehead atoms. The monoisotopic (exact) mass is 850 g/mol. The number of benzene rings is 6. The summed E-state index contributed by atoms with van der Waals surface area (Å²) >= 11 is 0. The first-order chi connectivity index (χ1) is 29.2. The second-order valence-electron chi connectivity index (χ2n) is 14.3. The fourth-order valence-electron chi connectivity index (χ4n) is 6.36. The van der Waals surface area contributed by atoms with Gasteiger partial charge in [-0.25, -0.2) is 41.9 Å². The van der Waals surface area contributed by atoms with Gasteiger partial charge in [-0.3, -0.25) is 12.2 Å². The summed E-state index contributed by atoms with van der Waals surface area (Å²) in [7, 11) is 0. The van der Waals surface area contributed by atoms with Crippen LogP contribution in [0, 0.1) is 61.4 Å². The molecule has 6 aromatic rings. The van der Waals surface area contributed by atoms with Gasteiger partial charge in [-0.2, -0.15) is 12.2 Å². The molecule has 61 heavy (non-hydrogen) atoms. The molecule has 0 atom stereocenters. The quantitative estimate of drug-likeness (QED) is 0.0728. The van der Waals surface area contributed by atoms with Crippen LogP contribution in [0.5, 0.6) is 0 Å². The van der Waals surface area contributed by atoms with E-state index in [4.69, 9.17) is 0 Å². The summed E-state index contributed by atoms with van der Waals surface area (Å²) in [4.78, 5) is 0. The summed E-state index contributed by atoms with van der Waals surface area (Å²) in [6.45, 7) is 4.15. The van der Waals surface area contributed by atoms with Gasteiger partial charge in [0.2, 0.25) is 0 Å². The first kappa shape index (κ1) is 48.0. The Morgan fingerprint density at radius 1 is 0.492 bits per heavy atom. The van der Waals surface area contributed by atoms with Gasteiger partial charge in [0.05, 0.1) is 0 Å². The Morgan fingerprint density at radius 3 is 1.23 bits per heavy atom. The first-order valence-electron chi connectivity index (χ1n) is 20.2. The molecule has 0 saturated heterocycles. The van der Waals surface area contributed by atoms with Crippen molar-refractivity contribution in [3.8, 4) is 0 Å². The van der Waals surface area contributed by atoms with E-state index in [-0.39, 0.29) is 33.1 Å². The first-order valence-corrected chi connectivity index (χ1v) is 20.2. The summed E-state index contributed by atoms with van der Waals surface area (Å²) in [5.41, 5.74) is 9.57. The summed E-state index contributed by atoms with van der Waals surface area (Å²) in [5.74, 6) is -2.83. The van der Waals surface area contributed by atoms with E-state index < -0.39 is 23.3 Å². The van der Waals surface area contributed by atoms with Crippen LogP contribution in [-0.2, 0) is 47.4 Å². The van der Waals surface area contributed by atoms with Crippen LogP contribution in [0.3, 0.4) is 0 Å². The molecule has 0 radical (unpaired) electrons.